The Bertz CT molecular complexity index is 895. The fourth-order valence-electron chi connectivity index (χ4n) is 3.08. The first-order chi connectivity index (χ1) is 13.5. The summed E-state index contributed by atoms with van der Waals surface area (Å²) in [6.07, 6.45) is 3.04. The van der Waals surface area contributed by atoms with Gasteiger partial charge in [-0.05, 0) is 49.6 Å². The maximum Gasteiger partial charge on any atom is 0.272 e. The topological polar surface area (TPSA) is 105 Å². The minimum atomic E-state index is -0.667. The number of hydrogen-bond acceptors (Lipinski definition) is 5. The SMILES string of the molecule is O=C(NNC(=O)c1cc([N+](=O)[O-])ccc1N1CCCCC1)c1ccc(F)cc1. The van der Waals surface area contributed by atoms with Gasteiger partial charge in [-0.25, -0.2) is 4.39 Å². The number of anilines is 1. The minimum absolute atomic E-state index is 0.107. The molecule has 9 heteroatoms. The van der Waals surface area contributed by atoms with Gasteiger partial charge in [-0.15, -0.1) is 0 Å². The highest BCUT2D eigenvalue weighted by Crippen LogP contribution is 2.28. The van der Waals surface area contributed by atoms with E-state index in [4.69, 9.17) is 0 Å². The molecule has 0 aromatic heterocycles. The van der Waals surface area contributed by atoms with Crippen molar-refractivity contribution in [2.45, 2.75) is 19.3 Å². The molecule has 1 heterocycles. The molecule has 2 N–H and O–H groups in total. The second-order valence-electron chi connectivity index (χ2n) is 6.42. The van der Waals surface area contributed by atoms with Gasteiger partial charge in [0.25, 0.3) is 17.5 Å². The molecule has 0 unspecified atom stereocenters. The summed E-state index contributed by atoms with van der Waals surface area (Å²) in [5.74, 6) is -1.78. The predicted octanol–water partition coefficient (Wildman–Crippen LogP) is 2.80. The van der Waals surface area contributed by atoms with Crippen LogP contribution in [0.4, 0.5) is 15.8 Å². The lowest BCUT2D eigenvalue weighted by molar-refractivity contribution is -0.384. The number of carbonyl (C=O) groups excluding carboxylic acids is 2. The van der Waals surface area contributed by atoms with Gasteiger partial charge in [0.15, 0.2) is 0 Å². The van der Waals surface area contributed by atoms with Crippen molar-refractivity contribution >= 4 is 23.2 Å². The van der Waals surface area contributed by atoms with Crippen molar-refractivity contribution in [3.8, 4) is 0 Å². The van der Waals surface area contributed by atoms with E-state index in [1.807, 2.05) is 4.90 Å². The van der Waals surface area contributed by atoms with Crippen LogP contribution in [0.2, 0.25) is 0 Å². The van der Waals surface area contributed by atoms with Crippen LogP contribution in [-0.2, 0) is 0 Å². The molecule has 28 heavy (non-hydrogen) atoms. The molecule has 0 aliphatic carbocycles. The average Bonchev–Trinajstić information content (AvgIpc) is 2.72. The molecule has 146 valence electrons. The summed E-state index contributed by atoms with van der Waals surface area (Å²) < 4.78 is 12.9. The molecule has 2 aromatic carbocycles. The second-order valence-corrected chi connectivity index (χ2v) is 6.42. The van der Waals surface area contributed by atoms with Crippen LogP contribution in [0, 0.1) is 15.9 Å². The van der Waals surface area contributed by atoms with Gasteiger partial charge in [0.1, 0.15) is 5.82 Å². The average molecular weight is 386 g/mol. The van der Waals surface area contributed by atoms with Crippen molar-refractivity contribution < 1.29 is 18.9 Å². The van der Waals surface area contributed by atoms with Gasteiger partial charge in [-0.3, -0.25) is 30.6 Å². The van der Waals surface area contributed by atoms with E-state index < -0.39 is 22.6 Å². The van der Waals surface area contributed by atoms with E-state index in [1.54, 1.807) is 6.07 Å². The van der Waals surface area contributed by atoms with Crippen molar-refractivity contribution in [2.24, 2.45) is 0 Å². The van der Waals surface area contributed by atoms with Crippen LogP contribution in [0.3, 0.4) is 0 Å². The Morgan fingerprint density at radius 1 is 0.964 bits per heavy atom. The third-order valence-corrected chi connectivity index (χ3v) is 4.53. The number of hydrazine groups is 1. The zero-order valence-electron chi connectivity index (χ0n) is 15.0. The summed E-state index contributed by atoms with van der Waals surface area (Å²) in [6, 6.07) is 8.94. The summed E-state index contributed by atoms with van der Waals surface area (Å²) in [4.78, 5) is 37.3. The minimum Gasteiger partial charge on any atom is -0.371 e. The number of piperidine rings is 1. The first kappa shape index (κ1) is 19.3. The molecule has 0 bridgehead atoms. The summed E-state index contributed by atoms with van der Waals surface area (Å²) in [6.45, 7) is 1.50. The molecule has 0 saturated carbocycles. The number of nitrogens with one attached hydrogen (secondary N) is 2. The Kier molecular flexibility index (Phi) is 5.83. The summed E-state index contributed by atoms with van der Waals surface area (Å²) in [7, 11) is 0. The van der Waals surface area contributed by atoms with Gasteiger partial charge in [-0.2, -0.15) is 0 Å². The highest BCUT2D eigenvalue weighted by molar-refractivity contribution is 6.02. The van der Waals surface area contributed by atoms with Gasteiger partial charge in [-0.1, -0.05) is 0 Å². The zero-order valence-corrected chi connectivity index (χ0v) is 15.0. The van der Waals surface area contributed by atoms with Crippen LogP contribution in [0.5, 0.6) is 0 Å². The first-order valence-corrected chi connectivity index (χ1v) is 8.85. The molecule has 1 fully saturated rings. The van der Waals surface area contributed by atoms with E-state index in [2.05, 4.69) is 10.9 Å². The Balaban J connectivity index is 1.78. The molecular formula is C19H19FN4O4. The van der Waals surface area contributed by atoms with Crippen molar-refractivity contribution in [2.75, 3.05) is 18.0 Å². The largest absolute Gasteiger partial charge is 0.371 e. The Morgan fingerprint density at radius 3 is 2.25 bits per heavy atom. The summed E-state index contributed by atoms with van der Waals surface area (Å²) in [5.41, 5.74) is 5.16. The number of nitro groups is 1. The molecule has 2 aromatic rings. The number of benzene rings is 2. The van der Waals surface area contributed by atoms with Crippen LogP contribution in [0.15, 0.2) is 42.5 Å². The molecule has 1 saturated heterocycles. The number of carbonyl (C=O) groups is 2. The van der Waals surface area contributed by atoms with Gasteiger partial charge in [0.2, 0.25) is 0 Å². The molecule has 8 nitrogen and oxygen atoms in total. The van der Waals surface area contributed by atoms with Crippen LogP contribution in [0.1, 0.15) is 40.0 Å². The van der Waals surface area contributed by atoms with Crippen LogP contribution >= 0.6 is 0 Å². The third-order valence-electron chi connectivity index (χ3n) is 4.53. The molecule has 1 aliphatic heterocycles. The molecule has 2 amide bonds. The Hall–Kier alpha value is -3.49. The molecule has 0 radical (unpaired) electrons. The lowest BCUT2D eigenvalue weighted by Gasteiger charge is -2.30. The normalized spacial score (nSPS) is 13.7. The van der Waals surface area contributed by atoms with Crippen molar-refractivity contribution in [3.63, 3.8) is 0 Å². The van der Waals surface area contributed by atoms with E-state index in [0.29, 0.717) is 5.69 Å². The molecule has 3 rings (SSSR count). The fraction of sp³-hybridized carbons (Fsp3) is 0.263. The zero-order chi connectivity index (χ0) is 20.1. The highest BCUT2D eigenvalue weighted by atomic mass is 19.1. The van der Waals surface area contributed by atoms with Crippen LogP contribution < -0.4 is 15.8 Å². The lowest BCUT2D eigenvalue weighted by Crippen LogP contribution is -2.42. The highest BCUT2D eigenvalue weighted by Gasteiger charge is 2.22. The van der Waals surface area contributed by atoms with E-state index >= 15 is 0 Å². The first-order valence-electron chi connectivity index (χ1n) is 8.85. The van der Waals surface area contributed by atoms with E-state index in [1.165, 1.54) is 24.3 Å². The number of non-ortho nitro benzene ring substituents is 1. The monoisotopic (exact) mass is 386 g/mol. The number of nitro benzene ring substituents is 1. The van der Waals surface area contributed by atoms with Gasteiger partial charge in [0, 0.05) is 30.8 Å². The van der Waals surface area contributed by atoms with Crippen molar-refractivity contribution in [3.05, 3.63) is 69.5 Å². The van der Waals surface area contributed by atoms with Gasteiger partial charge >= 0.3 is 0 Å². The molecular weight excluding hydrogens is 367 g/mol. The summed E-state index contributed by atoms with van der Waals surface area (Å²) >= 11 is 0. The number of nitrogens with zero attached hydrogens (tertiary/aromatic N) is 2. The van der Waals surface area contributed by atoms with Crippen molar-refractivity contribution in [1.29, 1.82) is 0 Å². The molecule has 0 spiro atoms. The van der Waals surface area contributed by atoms with Gasteiger partial charge < -0.3 is 4.90 Å². The second kappa shape index (κ2) is 8.47. The number of rotatable bonds is 4. The van der Waals surface area contributed by atoms with E-state index in [-0.39, 0.29) is 16.8 Å². The number of amides is 2. The smallest absolute Gasteiger partial charge is 0.272 e. The lowest BCUT2D eigenvalue weighted by atomic mass is 10.1. The third kappa shape index (κ3) is 4.43. The van der Waals surface area contributed by atoms with Crippen LogP contribution in [0.25, 0.3) is 0 Å². The number of hydrogen-bond donors (Lipinski definition) is 2. The standard InChI is InChI=1S/C19H19FN4O4/c20-14-6-4-13(5-7-14)18(25)21-22-19(26)16-12-15(24(27)28)8-9-17(16)23-10-2-1-3-11-23/h4-9,12H,1-3,10-11H2,(H,21,25)(H,22,26). The van der Waals surface area contributed by atoms with E-state index in [9.17, 15) is 24.1 Å². The van der Waals surface area contributed by atoms with Gasteiger partial charge in [0.05, 0.1) is 16.2 Å². The molecule has 0 atom stereocenters. The van der Waals surface area contributed by atoms with Crippen LogP contribution in [-0.4, -0.2) is 29.8 Å². The Morgan fingerprint density at radius 2 is 1.61 bits per heavy atom. The Labute approximate surface area is 160 Å². The van der Waals surface area contributed by atoms with E-state index in [0.717, 1.165) is 44.5 Å². The predicted molar refractivity (Wildman–Crippen MR) is 100 cm³/mol. The summed E-state index contributed by atoms with van der Waals surface area (Å²) in [5, 5.41) is 11.1. The fourth-order valence-corrected chi connectivity index (χ4v) is 3.08. The maximum absolute atomic E-state index is 12.9. The number of halogens is 1. The molecule has 1 aliphatic rings. The quantitative estimate of drug-likeness (QED) is 0.621. The van der Waals surface area contributed by atoms with Crippen molar-refractivity contribution in [1.82, 2.24) is 10.9 Å². The maximum atomic E-state index is 12.9.